The molecular weight excluding hydrogens is 260 g/mol. The molecule has 0 saturated carbocycles. The highest BCUT2D eigenvalue weighted by Crippen LogP contribution is 2.22. The highest BCUT2D eigenvalue weighted by molar-refractivity contribution is 7.99. The Kier molecular flexibility index (Phi) is 5.10. The number of imide groups is 1. The molecule has 3 N–H and O–H groups in total. The summed E-state index contributed by atoms with van der Waals surface area (Å²) in [5, 5.41) is 1.46. The highest BCUT2D eigenvalue weighted by atomic mass is 32.2. The van der Waals surface area contributed by atoms with Gasteiger partial charge in [0, 0.05) is 20.0 Å². The Balaban J connectivity index is 2.47. The highest BCUT2D eigenvalue weighted by Gasteiger charge is 2.34. The summed E-state index contributed by atoms with van der Waals surface area (Å²) < 4.78 is 1.04. The average Bonchev–Trinajstić information content (AvgIpc) is 2.63. The first kappa shape index (κ1) is 14.5. The zero-order valence-corrected chi connectivity index (χ0v) is 10.8. The molecule has 1 fully saturated rings. The number of hydrazine groups is 1. The SMILES string of the molecule is CCNNC(=O)C(=O)N(C)SC1CC(=O)NC1=O. The fourth-order valence-corrected chi connectivity index (χ4v) is 2.16. The first-order valence-electron chi connectivity index (χ1n) is 5.27. The second-order valence-corrected chi connectivity index (χ2v) is 4.83. The summed E-state index contributed by atoms with van der Waals surface area (Å²) in [4.78, 5) is 45.1. The van der Waals surface area contributed by atoms with Crippen molar-refractivity contribution in [3.05, 3.63) is 0 Å². The number of amides is 4. The molecule has 0 aromatic rings. The molecule has 1 rings (SSSR count). The second-order valence-electron chi connectivity index (χ2n) is 3.50. The van der Waals surface area contributed by atoms with E-state index in [4.69, 9.17) is 0 Å². The lowest BCUT2D eigenvalue weighted by atomic mass is 10.4. The summed E-state index contributed by atoms with van der Waals surface area (Å²) in [6.45, 7) is 2.24. The third-order valence-electron chi connectivity index (χ3n) is 2.07. The van der Waals surface area contributed by atoms with Crippen molar-refractivity contribution in [1.29, 1.82) is 0 Å². The van der Waals surface area contributed by atoms with Gasteiger partial charge in [-0.15, -0.1) is 0 Å². The minimum absolute atomic E-state index is 0.00987. The molecule has 1 saturated heterocycles. The van der Waals surface area contributed by atoms with Crippen molar-refractivity contribution in [3.63, 3.8) is 0 Å². The van der Waals surface area contributed by atoms with Gasteiger partial charge in [0.25, 0.3) is 0 Å². The number of likely N-dealkylation sites (N-methyl/N-ethyl adjacent to an activating group) is 1. The second kappa shape index (κ2) is 6.36. The summed E-state index contributed by atoms with van der Waals surface area (Å²) in [6, 6.07) is 0. The van der Waals surface area contributed by atoms with Crippen LogP contribution in [0.2, 0.25) is 0 Å². The van der Waals surface area contributed by atoms with E-state index in [-0.39, 0.29) is 12.3 Å². The Morgan fingerprint density at radius 2 is 2.17 bits per heavy atom. The van der Waals surface area contributed by atoms with Gasteiger partial charge in [-0.3, -0.25) is 34.2 Å². The van der Waals surface area contributed by atoms with Gasteiger partial charge in [-0.2, -0.15) is 0 Å². The number of carbonyl (C=O) groups excluding carboxylic acids is 4. The number of hydrogen-bond acceptors (Lipinski definition) is 6. The zero-order chi connectivity index (χ0) is 13.7. The third-order valence-corrected chi connectivity index (χ3v) is 3.19. The minimum Gasteiger partial charge on any atom is -0.295 e. The Labute approximate surface area is 108 Å². The standard InChI is InChI=1S/C9H14N4O4S/c1-3-10-12-8(16)9(17)13(2)18-5-4-6(14)11-7(5)15/h5,10H,3-4H2,1-2H3,(H,12,16)(H,11,14,15). The van der Waals surface area contributed by atoms with Crippen LogP contribution >= 0.6 is 11.9 Å². The van der Waals surface area contributed by atoms with Gasteiger partial charge < -0.3 is 0 Å². The van der Waals surface area contributed by atoms with Crippen molar-refractivity contribution in [1.82, 2.24) is 20.5 Å². The number of rotatable bonds is 4. The predicted molar refractivity (Wildman–Crippen MR) is 63.7 cm³/mol. The van der Waals surface area contributed by atoms with Crippen LogP contribution in [0.1, 0.15) is 13.3 Å². The Bertz CT molecular complexity index is 387. The molecule has 9 heteroatoms. The largest absolute Gasteiger partial charge is 0.324 e. The maximum Gasteiger partial charge on any atom is 0.324 e. The van der Waals surface area contributed by atoms with Crippen molar-refractivity contribution in [2.75, 3.05) is 13.6 Å². The maximum absolute atomic E-state index is 11.6. The van der Waals surface area contributed by atoms with E-state index >= 15 is 0 Å². The molecule has 1 heterocycles. The number of nitrogens with zero attached hydrogens (tertiary/aromatic N) is 1. The third kappa shape index (κ3) is 3.70. The van der Waals surface area contributed by atoms with Crippen LogP contribution in [0.15, 0.2) is 0 Å². The topological polar surface area (TPSA) is 108 Å². The fourth-order valence-electron chi connectivity index (χ4n) is 1.22. The lowest BCUT2D eigenvalue weighted by Gasteiger charge is -2.17. The van der Waals surface area contributed by atoms with Crippen molar-refractivity contribution >= 4 is 35.6 Å². The van der Waals surface area contributed by atoms with E-state index in [0.717, 1.165) is 16.3 Å². The molecule has 100 valence electrons. The van der Waals surface area contributed by atoms with Gasteiger partial charge >= 0.3 is 11.8 Å². The Hall–Kier alpha value is -1.61. The lowest BCUT2D eigenvalue weighted by Crippen LogP contribution is -2.45. The quantitative estimate of drug-likeness (QED) is 0.240. The monoisotopic (exact) mass is 274 g/mol. The molecule has 18 heavy (non-hydrogen) atoms. The van der Waals surface area contributed by atoms with Crippen LogP contribution in [-0.2, 0) is 19.2 Å². The molecule has 1 atom stereocenters. The predicted octanol–water partition coefficient (Wildman–Crippen LogP) is -1.85. The molecule has 1 aliphatic heterocycles. The van der Waals surface area contributed by atoms with Crippen LogP contribution in [0.3, 0.4) is 0 Å². The van der Waals surface area contributed by atoms with Crippen molar-refractivity contribution in [2.45, 2.75) is 18.6 Å². The number of hydrogen-bond donors (Lipinski definition) is 3. The molecule has 1 aliphatic rings. The van der Waals surface area contributed by atoms with Crippen molar-refractivity contribution in [2.24, 2.45) is 0 Å². The summed E-state index contributed by atoms with van der Waals surface area (Å²) in [5.74, 6) is -2.45. The molecular formula is C9H14N4O4S. The maximum atomic E-state index is 11.6. The van der Waals surface area contributed by atoms with Gasteiger partial charge in [0.2, 0.25) is 11.8 Å². The van der Waals surface area contributed by atoms with Crippen LogP contribution in [-0.4, -0.2) is 46.8 Å². The molecule has 0 bridgehead atoms. The molecule has 0 aromatic carbocycles. The zero-order valence-electron chi connectivity index (χ0n) is 9.98. The Morgan fingerprint density at radius 1 is 1.50 bits per heavy atom. The van der Waals surface area contributed by atoms with Gasteiger partial charge in [-0.25, -0.2) is 5.43 Å². The lowest BCUT2D eigenvalue weighted by molar-refractivity contribution is -0.142. The van der Waals surface area contributed by atoms with Crippen LogP contribution in [0.5, 0.6) is 0 Å². The van der Waals surface area contributed by atoms with Crippen LogP contribution < -0.4 is 16.2 Å². The van der Waals surface area contributed by atoms with E-state index in [2.05, 4.69) is 16.2 Å². The normalized spacial score (nSPS) is 18.4. The van der Waals surface area contributed by atoms with Gasteiger partial charge in [-0.05, 0) is 11.9 Å². The molecule has 8 nitrogen and oxygen atoms in total. The van der Waals surface area contributed by atoms with Crippen molar-refractivity contribution < 1.29 is 19.2 Å². The molecule has 0 aromatic heterocycles. The van der Waals surface area contributed by atoms with Gasteiger partial charge in [0.15, 0.2) is 0 Å². The van der Waals surface area contributed by atoms with Gasteiger partial charge in [-0.1, -0.05) is 6.92 Å². The first-order valence-corrected chi connectivity index (χ1v) is 6.10. The summed E-state index contributed by atoms with van der Waals surface area (Å²) >= 11 is 0.851. The molecule has 0 radical (unpaired) electrons. The van der Waals surface area contributed by atoms with E-state index in [0.29, 0.717) is 6.54 Å². The summed E-state index contributed by atoms with van der Waals surface area (Å²) in [6.07, 6.45) is 0.00987. The van der Waals surface area contributed by atoms with Crippen molar-refractivity contribution in [3.8, 4) is 0 Å². The van der Waals surface area contributed by atoms with Crippen LogP contribution in [0.4, 0.5) is 0 Å². The number of carbonyl (C=O) groups is 4. The van der Waals surface area contributed by atoms with E-state index in [1.165, 1.54) is 7.05 Å². The smallest absolute Gasteiger partial charge is 0.295 e. The molecule has 0 spiro atoms. The van der Waals surface area contributed by atoms with Gasteiger partial charge in [0.05, 0.1) is 0 Å². The molecule has 4 amide bonds. The van der Waals surface area contributed by atoms with Crippen LogP contribution in [0.25, 0.3) is 0 Å². The summed E-state index contributed by atoms with van der Waals surface area (Å²) in [7, 11) is 1.37. The first-order chi connectivity index (χ1) is 8.45. The van der Waals surface area contributed by atoms with Gasteiger partial charge in [0.1, 0.15) is 5.25 Å². The minimum atomic E-state index is -0.823. The molecule has 1 unspecified atom stereocenters. The fraction of sp³-hybridized carbons (Fsp3) is 0.556. The van der Waals surface area contributed by atoms with Crippen LogP contribution in [0, 0.1) is 0 Å². The Morgan fingerprint density at radius 3 is 2.67 bits per heavy atom. The summed E-state index contributed by atoms with van der Waals surface area (Å²) in [5.41, 5.74) is 4.70. The van der Waals surface area contributed by atoms with E-state index in [9.17, 15) is 19.2 Å². The van der Waals surface area contributed by atoms with E-state index in [1.54, 1.807) is 6.92 Å². The number of nitrogens with one attached hydrogen (secondary N) is 3. The average molecular weight is 274 g/mol. The van der Waals surface area contributed by atoms with E-state index < -0.39 is 23.0 Å². The van der Waals surface area contributed by atoms with E-state index in [1.807, 2.05) is 0 Å². The molecule has 0 aliphatic carbocycles.